The molecule has 0 aliphatic rings. The van der Waals surface area contributed by atoms with E-state index in [1.807, 2.05) is 37.3 Å². The predicted molar refractivity (Wildman–Crippen MR) is 127 cm³/mol. The molecular weight excluding hydrogens is 422 g/mol. The van der Waals surface area contributed by atoms with Crippen molar-refractivity contribution in [2.75, 3.05) is 26.6 Å². The van der Waals surface area contributed by atoms with Crippen LogP contribution in [0.3, 0.4) is 0 Å². The molecule has 4 rings (SSSR count). The zero-order valence-electron chi connectivity index (χ0n) is 18.7. The van der Waals surface area contributed by atoms with Gasteiger partial charge in [0.2, 0.25) is 11.5 Å². The van der Waals surface area contributed by atoms with Crippen LogP contribution in [-0.4, -0.2) is 27.2 Å². The Hall–Kier alpha value is -4.26. The fourth-order valence-electron chi connectivity index (χ4n) is 3.71. The summed E-state index contributed by atoms with van der Waals surface area (Å²) < 4.78 is 21.6. The minimum atomic E-state index is -0.587. The van der Waals surface area contributed by atoms with Gasteiger partial charge in [-0.25, -0.2) is 4.79 Å². The lowest BCUT2D eigenvalue weighted by molar-refractivity contribution is 0.0994. The minimum Gasteiger partial charge on any atom is -0.493 e. The maximum atomic E-state index is 13.4. The third-order valence-corrected chi connectivity index (χ3v) is 5.31. The average Bonchev–Trinajstić information content (AvgIpc) is 2.84. The van der Waals surface area contributed by atoms with Gasteiger partial charge >= 0.3 is 5.63 Å². The van der Waals surface area contributed by atoms with E-state index in [1.165, 1.54) is 21.3 Å². The summed E-state index contributed by atoms with van der Waals surface area (Å²) in [6.45, 7) is 1.98. The number of carbonyl (C=O) groups is 1. The molecule has 0 bridgehead atoms. The zero-order chi connectivity index (χ0) is 23.5. The average molecular weight is 445 g/mol. The minimum absolute atomic E-state index is 0.0868. The molecule has 33 heavy (non-hydrogen) atoms. The molecule has 1 N–H and O–H groups in total. The number of carbonyl (C=O) groups excluding carboxylic acids is 1. The SMILES string of the molecule is COc1cc(NC(=O)c2oc(=O)c3ccccc3c2-c2ccc(C)cc2)cc(OC)c1OC. The van der Waals surface area contributed by atoms with Gasteiger partial charge in [-0.2, -0.15) is 0 Å². The lowest BCUT2D eigenvalue weighted by atomic mass is 9.97. The Morgan fingerprint density at radius 1 is 0.848 bits per heavy atom. The summed E-state index contributed by atoms with van der Waals surface area (Å²) in [5.74, 6) is 0.492. The van der Waals surface area contributed by atoms with Crippen molar-refractivity contribution in [3.8, 4) is 28.4 Å². The number of amides is 1. The van der Waals surface area contributed by atoms with Crippen LogP contribution < -0.4 is 25.2 Å². The lowest BCUT2D eigenvalue weighted by Crippen LogP contribution is -2.17. The Morgan fingerprint density at radius 3 is 2.03 bits per heavy atom. The summed E-state index contributed by atoms with van der Waals surface area (Å²) in [7, 11) is 4.47. The molecule has 7 nitrogen and oxygen atoms in total. The maximum absolute atomic E-state index is 13.4. The molecule has 0 spiro atoms. The number of hydrogen-bond donors (Lipinski definition) is 1. The highest BCUT2D eigenvalue weighted by molar-refractivity contribution is 6.12. The van der Waals surface area contributed by atoms with Crippen molar-refractivity contribution in [2.45, 2.75) is 6.92 Å². The van der Waals surface area contributed by atoms with Gasteiger partial charge in [-0.1, -0.05) is 48.0 Å². The lowest BCUT2D eigenvalue weighted by Gasteiger charge is -2.15. The van der Waals surface area contributed by atoms with E-state index in [1.54, 1.807) is 30.3 Å². The van der Waals surface area contributed by atoms with Crippen molar-refractivity contribution in [1.29, 1.82) is 0 Å². The number of ether oxygens (including phenoxy) is 3. The summed E-state index contributed by atoms with van der Waals surface area (Å²) in [5.41, 5.74) is 2.17. The highest BCUT2D eigenvalue weighted by Crippen LogP contribution is 2.40. The first-order chi connectivity index (χ1) is 16.0. The number of hydrogen-bond acceptors (Lipinski definition) is 6. The number of benzene rings is 3. The van der Waals surface area contributed by atoms with Gasteiger partial charge in [0.25, 0.3) is 5.91 Å². The fraction of sp³-hybridized carbons (Fsp3) is 0.154. The molecule has 168 valence electrons. The molecule has 0 atom stereocenters. The van der Waals surface area contributed by atoms with E-state index in [0.29, 0.717) is 39.3 Å². The summed E-state index contributed by atoms with van der Waals surface area (Å²) in [6.07, 6.45) is 0. The second-order valence-electron chi connectivity index (χ2n) is 7.37. The molecule has 7 heteroatoms. The Morgan fingerprint density at radius 2 is 1.45 bits per heavy atom. The second kappa shape index (κ2) is 9.08. The Bertz CT molecular complexity index is 1360. The van der Waals surface area contributed by atoms with Crippen molar-refractivity contribution in [3.05, 3.63) is 82.4 Å². The van der Waals surface area contributed by atoms with Gasteiger partial charge in [0, 0.05) is 28.8 Å². The molecule has 4 aromatic rings. The van der Waals surface area contributed by atoms with Crippen molar-refractivity contribution in [2.24, 2.45) is 0 Å². The van der Waals surface area contributed by atoms with E-state index >= 15 is 0 Å². The van der Waals surface area contributed by atoms with Crippen molar-refractivity contribution in [1.82, 2.24) is 0 Å². The van der Waals surface area contributed by atoms with Crippen molar-refractivity contribution in [3.63, 3.8) is 0 Å². The van der Waals surface area contributed by atoms with Crippen LogP contribution in [0.25, 0.3) is 21.9 Å². The molecule has 0 aliphatic heterocycles. The Balaban J connectivity index is 1.86. The normalized spacial score (nSPS) is 10.7. The molecule has 0 saturated heterocycles. The molecule has 1 heterocycles. The first-order valence-electron chi connectivity index (χ1n) is 10.2. The number of anilines is 1. The van der Waals surface area contributed by atoms with E-state index in [9.17, 15) is 9.59 Å². The molecule has 0 saturated carbocycles. The van der Waals surface area contributed by atoms with Crippen LogP contribution in [0.4, 0.5) is 5.69 Å². The van der Waals surface area contributed by atoms with Gasteiger partial charge in [-0.15, -0.1) is 0 Å². The van der Waals surface area contributed by atoms with E-state index in [4.69, 9.17) is 18.6 Å². The summed E-state index contributed by atoms with van der Waals surface area (Å²) in [5, 5.41) is 3.82. The van der Waals surface area contributed by atoms with E-state index in [-0.39, 0.29) is 5.76 Å². The third kappa shape index (κ3) is 4.13. The first kappa shape index (κ1) is 22.0. The van der Waals surface area contributed by atoms with Crippen LogP contribution in [-0.2, 0) is 0 Å². The van der Waals surface area contributed by atoms with Crippen LogP contribution in [0.5, 0.6) is 17.2 Å². The van der Waals surface area contributed by atoms with Gasteiger partial charge < -0.3 is 23.9 Å². The number of nitrogens with one attached hydrogen (secondary N) is 1. The van der Waals surface area contributed by atoms with Crippen LogP contribution in [0, 0.1) is 6.92 Å². The van der Waals surface area contributed by atoms with E-state index in [0.717, 1.165) is 11.1 Å². The fourth-order valence-corrected chi connectivity index (χ4v) is 3.71. The predicted octanol–water partition coefficient (Wildman–Crippen LogP) is 5.05. The number of aryl methyl sites for hydroxylation is 1. The molecular formula is C26H23NO6. The summed E-state index contributed by atoms with van der Waals surface area (Å²) >= 11 is 0. The first-order valence-corrected chi connectivity index (χ1v) is 10.2. The second-order valence-corrected chi connectivity index (χ2v) is 7.37. The van der Waals surface area contributed by atoms with Gasteiger partial charge in [-0.3, -0.25) is 4.79 Å². The monoisotopic (exact) mass is 445 g/mol. The molecule has 0 radical (unpaired) electrons. The summed E-state index contributed by atoms with van der Waals surface area (Å²) in [6, 6.07) is 17.9. The van der Waals surface area contributed by atoms with Gasteiger partial charge in [0.15, 0.2) is 11.5 Å². The molecule has 0 unspecified atom stereocenters. The van der Waals surface area contributed by atoms with Crippen LogP contribution in [0.15, 0.2) is 69.9 Å². The van der Waals surface area contributed by atoms with Crippen LogP contribution in [0.2, 0.25) is 0 Å². The van der Waals surface area contributed by atoms with Gasteiger partial charge in [0.1, 0.15) is 0 Å². The third-order valence-electron chi connectivity index (χ3n) is 5.31. The maximum Gasteiger partial charge on any atom is 0.344 e. The number of methoxy groups -OCH3 is 3. The Kier molecular flexibility index (Phi) is 6.04. The molecule has 1 amide bonds. The topological polar surface area (TPSA) is 87.0 Å². The van der Waals surface area contributed by atoms with Gasteiger partial charge in [0.05, 0.1) is 26.7 Å². The Labute approximate surface area is 190 Å². The molecule has 0 aliphatic carbocycles. The highest BCUT2D eigenvalue weighted by Gasteiger charge is 2.23. The van der Waals surface area contributed by atoms with E-state index < -0.39 is 11.5 Å². The van der Waals surface area contributed by atoms with Crippen LogP contribution >= 0.6 is 0 Å². The molecule has 1 aromatic heterocycles. The molecule has 3 aromatic carbocycles. The van der Waals surface area contributed by atoms with Crippen LogP contribution in [0.1, 0.15) is 16.1 Å². The largest absolute Gasteiger partial charge is 0.493 e. The van der Waals surface area contributed by atoms with Crippen molar-refractivity contribution >= 4 is 22.4 Å². The summed E-state index contributed by atoms with van der Waals surface area (Å²) in [4.78, 5) is 26.0. The molecule has 0 fully saturated rings. The standard InChI is InChI=1S/C26H23NO6/c1-15-9-11-16(12-10-15)22-18-7-5-6-8-19(18)26(29)33-24(22)25(28)27-17-13-20(30-2)23(32-4)21(14-17)31-3/h5-14H,1-4H3,(H,27,28). The number of fused-ring (bicyclic) bond motifs is 1. The zero-order valence-corrected chi connectivity index (χ0v) is 18.7. The van der Waals surface area contributed by atoms with Gasteiger partial charge in [-0.05, 0) is 18.6 Å². The smallest absolute Gasteiger partial charge is 0.344 e. The van der Waals surface area contributed by atoms with Crippen molar-refractivity contribution < 1.29 is 23.4 Å². The number of rotatable bonds is 6. The van der Waals surface area contributed by atoms with E-state index in [2.05, 4.69) is 5.32 Å². The highest BCUT2D eigenvalue weighted by atomic mass is 16.5. The quantitative estimate of drug-likeness (QED) is 0.447.